The Balaban J connectivity index is 1.64. The second kappa shape index (κ2) is 4.48. The van der Waals surface area contributed by atoms with Crippen LogP contribution in [0.4, 0.5) is 11.9 Å². The molecule has 1 heterocycles. The predicted octanol–water partition coefficient (Wildman–Crippen LogP) is 0.250. The number of hydrogen-bond acceptors (Lipinski definition) is 5. The molecule has 0 aromatic carbocycles. The molecule has 2 rings (SSSR count). The molecule has 84 valence electrons. The highest BCUT2D eigenvalue weighted by molar-refractivity contribution is 5.32. The van der Waals surface area contributed by atoms with E-state index in [1.54, 1.807) is 0 Å². The lowest BCUT2D eigenvalue weighted by Gasteiger charge is -2.14. The molecule has 0 radical (unpaired) electrons. The number of likely N-dealkylation sites (N-methyl/N-ethyl adjacent to an activating group) is 1. The van der Waals surface area contributed by atoms with Crippen molar-refractivity contribution in [3.63, 3.8) is 0 Å². The van der Waals surface area contributed by atoms with E-state index in [-0.39, 0.29) is 0 Å². The number of rotatable bonds is 6. The number of nitrogens with one attached hydrogen (secondary N) is 1. The maximum Gasteiger partial charge on any atom is 0.246 e. The molecule has 0 amide bonds. The molecule has 15 heavy (non-hydrogen) atoms. The molecule has 1 aliphatic rings. The Morgan fingerprint density at radius 2 is 2.40 bits per heavy atom. The smallest absolute Gasteiger partial charge is 0.246 e. The summed E-state index contributed by atoms with van der Waals surface area (Å²) in [5.41, 5.74) is 5.43. The van der Waals surface area contributed by atoms with E-state index >= 15 is 0 Å². The molecule has 0 aliphatic heterocycles. The van der Waals surface area contributed by atoms with Gasteiger partial charge >= 0.3 is 0 Å². The third-order valence-electron chi connectivity index (χ3n) is 2.45. The van der Waals surface area contributed by atoms with Crippen LogP contribution in [-0.2, 0) is 4.74 Å². The van der Waals surface area contributed by atoms with Gasteiger partial charge in [-0.25, -0.2) is 5.10 Å². The van der Waals surface area contributed by atoms with Crippen LogP contribution in [0.2, 0.25) is 0 Å². The summed E-state index contributed by atoms with van der Waals surface area (Å²) in [5.74, 6) is 1.77. The average Bonchev–Trinajstić information content (AvgIpc) is 2.94. The fourth-order valence-electron chi connectivity index (χ4n) is 1.27. The van der Waals surface area contributed by atoms with E-state index in [1.807, 2.05) is 11.9 Å². The molecule has 0 saturated heterocycles. The van der Waals surface area contributed by atoms with E-state index in [1.165, 1.54) is 12.8 Å². The second-order valence-electron chi connectivity index (χ2n) is 3.96. The van der Waals surface area contributed by atoms with Crippen LogP contribution in [0.3, 0.4) is 0 Å². The van der Waals surface area contributed by atoms with Crippen molar-refractivity contribution in [3.05, 3.63) is 0 Å². The number of nitrogen functional groups attached to an aromatic ring is 1. The van der Waals surface area contributed by atoms with Crippen LogP contribution in [0.25, 0.3) is 0 Å². The molecule has 0 unspecified atom stereocenters. The Labute approximate surface area is 88.8 Å². The van der Waals surface area contributed by atoms with Crippen LogP contribution in [0.15, 0.2) is 0 Å². The van der Waals surface area contributed by atoms with E-state index in [0.717, 1.165) is 19.1 Å². The van der Waals surface area contributed by atoms with E-state index in [4.69, 9.17) is 10.5 Å². The molecule has 1 fully saturated rings. The van der Waals surface area contributed by atoms with Crippen molar-refractivity contribution in [3.8, 4) is 0 Å². The van der Waals surface area contributed by atoms with Crippen molar-refractivity contribution < 1.29 is 4.74 Å². The van der Waals surface area contributed by atoms with Crippen molar-refractivity contribution in [2.75, 3.05) is 37.4 Å². The van der Waals surface area contributed by atoms with E-state index in [0.29, 0.717) is 18.5 Å². The van der Waals surface area contributed by atoms with Gasteiger partial charge in [0.15, 0.2) is 0 Å². The fraction of sp³-hybridized carbons (Fsp3) is 0.778. The average molecular weight is 211 g/mol. The number of aromatic amines is 1. The van der Waals surface area contributed by atoms with Gasteiger partial charge in [-0.2, -0.15) is 4.98 Å². The van der Waals surface area contributed by atoms with E-state index < -0.39 is 0 Å². The molecule has 6 nitrogen and oxygen atoms in total. The molecule has 1 aromatic rings. The van der Waals surface area contributed by atoms with Crippen molar-refractivity contribution in [2.45, 2.75) is 12.8 Å². The first kappa shape index (κ1) is 10.2. The van der Waals surface area contributed by atoms with Crippen LogP contribution in [0, 0.1) is 5.92 Å². The Morgan fingerprint density at radius 1 is 1.60 bits per heavy atom. The topological polar surface area (TPSA) is 80.1 Å². The summed E-state index contributed by atoms with van der Waals surface area (Å²) < 4.78 is 5.52. The number of aromatic nitrogens is 3. The van der Waals surface area contributed by atoms with Crippen LogP contribution in [-0.4, -0.2) is 42.0 Å². The molecule has 1 saturated carbocycles. The van der Waals surface area contributed by atoms with Crippen molar-refractivity contribution in [1.82, 2.24) is 15.2 Å². The fourth-order valence-corrected chi connectivity index (χ4v) is 1.27. The standard InChI is InChI=1S/C9H17N5O/c1-14(9-11-8(10)12-13-9)4-5-15-6-7-2-3-7/h7H,2-6H2,1H3,(H3,10,11,12,13). The Morgan fingerprint density at radius 3 is 3.00 bits per heavy atom. The highest BCUT2D eigenvalue weighted by atomic mass is 16.5. The lowest BCUT2D eigenvalue weighted by Crippen LogP contribution is -2.24. The number of hydrogen-bond donors (Lipinski definition) is 2. The Kier molecular flexibility index (Phi) is 3.05. The first-order chi connectivity index (χ1) is 7.25. The Hall–Kier alpha value is -1.30. The minimum atomic E-state index is 0.343. The molecule has 1 aromatic heterocycles. The van der Waals surface area contributed by atoms with E-state index in [9.17, 15) is 0 Å². The Bertz CT molecular complexity index is 309. The van der Waals surface area contributed by atoms with Gasteiger partial charge in [0, 0.05) is 20.2 Å². The monoisotopic (exact) mass is 211 g/mol. The predicted molar refractivity (Wildman–Crippen MR) is 57.6 cm³/mol. The highest BCUT2D eigenvalue weighted by Gasteiger charge is 2.21. The van der Waals surface area contributed by atoms with Gasteiger partial charge in [0.2, 0.25) is 11.9 Å². The SMILES string of the molecule is CN(CCOCC1CC1)c1n[nH]c(N)n1. The minimum absolute atomic E-state index is 0.343. The third kappa shape index (κ3) is 3.09. The number of anilines is 2. The molecular formula is C9H17N5O. The summed E-state index contributed by atoms with van der Waals surface area (Å²) in [6.07, 6.45) is 2.65. The van der Waals surface area contributed by atoms with Gasteiger partial charge < -0.3 is 15.4 Å². The third-order valence-corrected chi connectivity index (χ3v) is 2.45. The first-order valence-electron chi connectivity index (χ1n) is 5.22. The maximum atomic E-state index is 5.52. The zero-order valence-electron chi connectivity index (χ0n) is 8.94. The van der Waals surface area contributed by atoms with Gasteiger partial charge in [-0.1, -0.05) is 0 Å². The summed E-state index contributed by atoms with van der Waals surface area (Å²) >= 11 is 0. The molecule has 0 spiro atoms. The van der Waals surface area contributed by atoms with Crippen LogP contribution in [0.1, 0.15) is 12.8 Å². The second-order valence-corrected chi connectivity index (χ2v) is 3.96. The van der Waals surface area contributed by atoms with Crippen LogP contribution in [0.5, 0.6) is 0 Å². The number of ether oxygens (including phenoxy) is 1. The van der Waals surface area contributed by atoms with Gasteiger partial charge in [0.05, 0.1) is 6.61 Å². The summed E-state index contributed by atoms with van der Waals surface area (Å²) in [7, 11) is 1.92. The number of H-pyrrole nitrogens is 1. The summed E-state index contributed by atoms with van der Waals surface area (Å²) in [6.45, 7) is 2.38. The van der Waals surface area contributed by atoms with Crippen molar-refractivity contribution in [2.24, 2.45) is 5.92 Å². The molecule has 0 atom stereocenters. The summed E-state index contributed by atoms with van der Waals surface area (Å²) in [6, 6.07) is 0. The van der Waals surface area contributed by atoms with Crippen molar-refractivity contribution in [1.29, 1.82) is 0 Å². The molecule has 0 bridgehead atoms. The van der Waals surface area contributed by atoms with Gasteiger partial charge in [-0.3, -0.25) is 0 Å². The summed E-state index contributed by atoms with van der Waals surface area (Å²) in [5, 5.41) is 6.55. The van der Waals surface area contributed by atoms with Crippen LogP contribution < -0.4 is 10.6 Å². The zero-order chi connectivity index (χ0) is 10.7. The van der Waals surface area contributed by atoms with Gasteiger partial charge in [-0.15, -0.1) is 5.10 Å². The lowest BCUT2D eigenvalue weighted by molar-refractivity contribution is 0.130. The van der Waals surface area contributed by atoms with E-state index in [2.05, 4.69) is 15.2 Å². The van der Waals surface area contributed by atoms with Crippen LogP contribution >= 0.6 is 0 Å². The first-order valence-corrected chi connectivity index (χ1v) is 5.22. The number of nitrogens with zero attached hydrogens (tertiary/aromatic N) is 3. The quantitative estimate of drug-likeness (QED) is 0.659. The van der Waals surface area contributed by atoms with Gasteiger partial charge in [-0.05, 0) is 18.8 Å². The van der Waals surface area contributed by atoms with Gasteiger partial charge in [0.1, 0.15) is 0 Å². The largest absolute Gasteiger partial charge is 0.379 e. The highest BCUT2D eigenvalue weighted by Crippen LogP contribution is 2.28. The van der Waals surface area contributed by atoms with Gasteiger partial charge in [0.25, 0.3) is 0 Å². The molecule has 6 heteroatoms. The minimum Gasteiger partial charge on any atom is -0.379 e. The summed E-state index contributed by atoms with van der Waals surface area (Å²) in [4.78, 5) is 5.93. The normalized spacial score (nSPS) is 15.5. The molecule has 3 N–H and O–H groups in total. The molecule has 1 aliphatic carbocycles. The number of nitrogens with two attached hydrogens (primary N) is 1. The zero-order valence-corrected chi connectivity index (χ0v) is 8.94. The van der Waals surface area contributed by atoms with Crippen molar-refractivity contribution >= 4 is 11.9 Å². The lowest BCUT2D eigenvalue weighted by atomic mass is 10.5. The maximum absolute atomic E-state index is 5.52. The molecular weight excluding hydrogens is 194 g/mol.